The molecular formula is C29H46O3. The van der Waals surface area contributed by atoms with Gasteiger partial charge in [-0.2, -0.15) is 0 Å². The Morgan fingerprint density at radius 1 is 0.875 bits per heavy atom. The summed E-state index contributed by atoms with van der Waals surface area (Å²) in [6.07, 6.45) is 13.8. The summed E-state index contributed by atoms with van der Waals surface area (Å²) in [5.41, 5.74) is -0.253. The molecule has 180 valence electrons. The van der Waals surface area contributed by atoms with Crippen LogP contribution in [0.1, 0.15) is 92.9 Å². The molecule has 3 heteroatoms. The van der Waals surface area contributed by atoms with Gasteiger partial charge in [0, 0.05) is 23.7 Å². The zero-order valence-electron chi connectivity index (χ0n) is 21.3. The summed E-state index contributed by atoms with van der Waals surface area (Å²) in [5, 5.41) is 10.4. The monoisotopic (exact) mass is 442 g/mol. The molecule has 0 aromatic heterocycles. The van der Waals surface area contributed by atoms with Crippen molar-refractivity contribution in [1.29, 1.82) is 0 Å². The van der Waals surface area contributed by atoms with Gasteiger partial charge in [-0.1, -0.05) is 47.6 Å². The second-order valence-electron chi connectivity index (χ2n) is 13.9. The smallest absolute Gasteiger partial charge is 0.130 e. The number of hydrogen-bond donors (Lipinski definition) is 1. The fourth-order valence-corrected chi connectivity index (χ4v) is 10.2. The lowest BCUT2D eigenvalue weighted by atomic mass is 9.42. The van der Waals surface area contributed by atoms with Crippen LogP contribution < -0.4 is 0 Å². The second kappa shape index (κ2) is 6.85. The molecule has 5 aliphatic carbocycles. The Kier molecular flexibility index (Phi) is 4.73. The largest absolute Gasteiger partial charge is 0.393 e. The van der Waals surface area contributed by atoms with E-state index in [2.05, 4.69) is 53.7 Å². The van der Waals surface area contributed by atoms with Gasteiger partial charge in [0.05, 0.1) is 6.10 Å². The van der Waals surface area contributed by atoms with Gasteiger partial charge in [0.25, 0.3) is 0 Å². The summed E-state index contributed by atoms with van der Waals surface area (Å²) < 4.78 is 0. The van der Waals surface area contributed by atoms with Crippen molar-refractivity contribution >= 4 is 0 Å². The number of aliphatic hydroxyl groups excluding tert-OH is 1. The topological polar surface area (TPSA) is 38.7 Å². The average molecular weight is 443 g/mol. The van der Waals surface area contributed by atoms with Crippen LogP contribution in [0.5, 0.6) is 0 Å². The van der Waals surface area contributed by atoms with Crippen LogP contribution in [0.2, 0.25) is 0 Å². The third-order valence-corrected chi connectivity index (χ3v) is 12.6. The van der Waals surface area contributed by atoms with Gasteiger partial charge in [-0.25, -0.2) is 9.78 Å². The van der Waals surface area contributed by atoms with Crippen LogP contribution in [-0.4, -0.2) is 22.4 Å². The predicted octanol–water partition coefficient (Wildman–Crippen LogP) is 6.55. The highest BCUT2D eigenvalue weighted by Gasteiger charge is 2.74. The van der Waals surface area contributed by atoms with Gasteiger partial charge in [0.2, 0.25) is 0 Å². The van der Waals surface area contributed by atoms with E-state index in [0.717, 1.165) is 48.3 Å². The molecule has 0 radical (unpaired) electrons. The SMILES string of the molecule is CC(C)[C@H](C)[C@H]1C[C@@H]1[C@@H](C)[C@H]1CC[C@@H]2[C@]1(C)CC[C@H]1[C@]23C=C[C@]2(C[C@@H](O)CC[C@]12C)OO3. The highest BCUT2D eigenvalue weighted by molar-refractivity contribution is 5.33. The number of hydrogen-bond acceptors (Lipinski definition) is 3. The quantitative estimate of drug-likeness (QED) is 0.396. The molecule has 1 saturated heterocycles. The third kappa shape index (κ3) is 2.60. The van der Waals surface area contributed by atoms with E-state index in [1.807, 2.05) is 0 Å². The molecule has 5 fully saturated rings. The van der Waals surface area contributed by atoms with Crippen molar-refractivity contribution in [2.75, 3.05) is 0 Å². The van der Waals surface area contributed by atoms with Gasteiger partial charge in [-0.15, -0.1) is 0 Å². The van der Waals surface area contributed by atoms with Crippen molar-refractivity contribution in [1.82, 2.24) is 0 Å². The summed E-state index contributed by atoms with van der Waals surface area (Å²) in [5.74, 6) is 6.23. The normalized spacial score (nSPS) is 57.6. The van der Waals surface area contributed by atoms with Crippen LogP contribution in [0.25, 0.3) is 0 Å². The molecule has 12 atom stereocenters. The Bertz CT molecular complexity index is 806. The predicted molar refractivity (Wildman–Crippen MR) is 127 cm³/mol. The van der Waals surface area contributed by atoms with Gasteiger partial charge in [0.1, 0.15) is 11.2 Å². The zero-order chi connectivity index (χ0) is 22.7. The van der Waals surface area contributed by atoms with E-state index in [-0.39, 0.29) is 17.1 Å². The Labute approximate surface area is 195 Å². The maximum absolute atomic E-state index is 10.4. The Morgan fingerprint density at radius 2 is 1.66 bits per heavy atom. The first-order chi connectivity index (χ1) is 15.1. The Balaban J connectivity index is 1.29. The van der Waals surface area contributed by atoms with E-state index in [1.165, 1.54) is 32.1 Å². The standard InChI is InChI=1S/C29H46O3/c1-17(2)18(3)21-15-22(21)19(4)23-7-8-24-26(23,5)11-10-25-27(6)12-9-20(30)16-28(27)13-14-29(24,25)32-31-28/h13-14,17-25,30H,7-12,15-16H2,1-6H3/t18-,19+,20-,21+,22+,23+,24+,25+,26+,27+,28+,29-/m0/s1. The lowest BCUT2D eigenvalue weighted by Crippen LogP contribution is -2.73. The fourth-order valence-electron chi connectivity index (χ4n) is 10.2. The molecule has 0 aromatic rings. The molecule has 0 unspecified atom stereocenters. The molecular weight excluding hydrogens is 396 g/mol. The third-order valence-electron chi connectivity index (χ3n) is 12.6. The lowest BCUT2D eigenvalue weighted by molar-refractivity contribution is -0.497. The molecule has 7 rings (SSSR count). The summed E-state index contributed by atoms with van der Waals surface area (Å²) in [7, 11) is 0. The van der Waals surface area contributed by atoms with Crippen LogP contribution >= 0.6 is 0 Å². The molecule has 2 bridgehead atoms. The van der Waals surface area contributed by atoms with Crippen molar-refractivity contribution in [3.63, 3.8) is 0 Å². The average Bonchev–Trinajstić information content (AvgIpc) is 3.47. The van der Waals surface area contributed by atoms with Gasteiger partial charge < -0.3 is 5.11 Å². The summed E-state index contributed by atoms with van der Waals surface area (Å²) in [4.78, 5) is 12.9. The van der Waals surface area contributed by atoms with Gasteiger partial charge in [0.15, 0.2) is 0 Å². The van der Waals surface area contributed by atoms with E-state index in [1.54, 1.807) is 0 Å². The van der Waals surface area contributed by atoms with Crippen molar-refractivity contribution < 1.29 is 14.9 Å². The van der Waals surface area contributed by atoms with Crippen molar-refractivity contribution in [2.45, 2.75) is 110 Å². The van der Waals surface area contributed by atoms with E-state index in [9.17, 15) is 5.11 Å². The summed E-state index contributed by atoms with van der Waals surface area (Å²) in [6.45, 7) is 14.9. The molecule has 0 aromatic carbocycles. The zero-order valence-corrected chi connectivity index (χ0v) is 21.3. The molecule has 2 aliphatic heterocycles. The van der Waals surface area contributed by atoms with Crippen LogP contribution in [0.4, 0.5) is 0 Å². The molecule has 0 amide bonds. The van der Waals surface area contributed by atoms with E-state index >= 15 is 0 Å². The van der Waals surface area contributed by atoms with E-state index in [4.69, 9.17) is 9.78 Å². The highest BCUT2D eigenvalue weighted by Crippen LogP contribution is 2.73. The first kappa shape index (κ1) is 22.1. The highest BCUT2D eigenvalue weighted by atomic mass is 17.2. The minimum absolute atomic E-state index is 0.0819. The number of fused-ring (bicyclic) bond motifs is 2. The molecule has 1 N–H and O–H groups in total. The molecule has 2 spiro atoms. The molecule has 3 nitrogen and oxygen atoms in total. The maximum atomic E-state index is 10.4. The van der Waals surface area contributed by atoms with Crippen molar-refractivity contribution in [2.24, 2.45) is 58.2 Å². The van der Waals surface area contributed by atoms with Crippen LogP contribution in [0.15, 0.2) is 12.2 Å². The fraction of sp³-hybridized carbons (Fsp3) is 0.931. The summed E-state index contributed by atoms with van der Waals surface area (Å²) >= 11 is 0. The number of rotatable bonds is 4. The van der Waals surface area contributed by atoms with Crippen molar-refractivity contribution in [3.8, 4) is 0 Å². The maximum Gasteiger partial charge on any atom is 0.130 e. The summed E-state index contributed by atoms with van der Waals surface area (Å²) in [6, 6.07) is 0. The lowest BCUT2D eigenvalue weighted by Gasteiger charge is -2.69. The Hall–Kier alpha value is -0.380. The van der Waals surface area contributed by atoms with Crippen LogP contribution in [0.3, 0.4) is 0 Å². The molecule has 4 saturated carbocycles. The first-order valence-electron chi connectivity index (χ1n) is 13.8. The van der Waals surface area contributed by atoms with Gasteiger partial charge in [-0.3, -0.25) is 0 Å². The molecule has 2 heterocycles. The van der Waals surface area contributed by atoms with Gasteiger partial charge in [-0.05, 0) is 91.9 Å². The minimum atomic E-state index is -0.426. The van der Waals surface area contributed by atoms with Crippen LogP contribution in [0, 0.1) is 58.2 Å². The van der Waals surface area contributed by atoms with Crippen LogP contribution in [-0.2, 0) is 9.78 Å². The second-order valence-corrected chi connectivity index (χ2v) is 13.9. The van der Waals surface area contributed by atoms with E-state index in [0.29, 0.717) is 23.7 Å². The number of aliphatic hydroxyl groups is 1. The Morgan fingerprint density at radius 3 is 2.34 bits per heavy atom. The minimum Gasteiger partial charge on any atom is -0.393 e. The van der Waals surface area contributed by atoms with E-state index < -0.39 is 5.60 Å². The molecule has 32 heavy (non-hydrogen) atoms. The van der Waals surface area contributed by atoms with Crippen molar-refractivity contribution in [3.05, 3.63) is 12.2 Å². The van der Waals surface area contributed by atoms with Gasteiger partial charge >= 0.3 is 0 Å². The first-order valence-corrected chi connectivity index (χ1v) is 13.8. The molecule has 7 aliphatic rings.